The molecule has 198 valence electrons. The number of rotatable bonds is 13. The van der Waals surface area contributed by atoms with Gasteiger partial charge in [-0.05, 0) is 61.2 Å². The zero-order chi connectivity index (χ0) is 26.4. The molecule has 1 aliphatic heterocycles. The van der Waals surface area contributed by atoms with E-state index in [4.69, 9.17) is 13.9 Å². The van der Waals surface area contributed by atoms with E-state index in [2.05, 4.69) is 65.4 Å². The average Bonchev–Trinajstić information content (AvgIpc) is 2.76. The third kappa shape index (κ3) is 7.54. The lowest BCUT2D eigenvalue weighted by Crippen LogP contribution is -2.70. The largest absolute Gasteiger partial charge is 0.497 e. The van der Waals surface area contributed by atoms with Gasteiger partial charge < -0.3 is 18.5 Å². The molecule has 0 spiro atoms. The van der Waals surface area contributed by atoms with Crippen molar-refractivity contribution in [2.75, 3.05) is 13.7 Å². The predicted octanol–water partition coefficient (Wildman–Crippen LogP) is 6.69. The summed E-state index contributed by atoms with van der Waals surface area (Å²) < 4.78 is 20.0. The zero-order valence-electron chi connectivity index (χ0n) is 23.9. The smallest absolute Gasteiger partial charge is 0.244 e. The average molecular weight is 520 g/mol. The second-order valence-corrected chi connectivity index (χ2v) is 19.2. The van der Waals surface area contributed by atoms with Gasteiger partial charge in [-0.1, -0.05) is 65.8 Å². The van der Waals surface area contributed by atoms with E-state index in [1.807, 2.05) is 24.3 Å². The van der Waals surface area contributed by atoms with Crippen LogP contribution in [-0.4, -0.2) is 53.6 Å². The topological polar surface area (TPSA) is 48.0 Å². The third-order valence-corrected chi connectivity index (χ3v) is 13.9. The molecule has 0 bridgehead atoms. The molecule has 1 aliphatic rings. The Bertz CT molecular complexity index is 859. The number of benzene rings is 1. The van der Waals surface area contributed by atoms with E-state index in [9.17, 15) is 4.79 Å². The summed E-state index contributed by atoms with van der Waals surface area (Å²) in [6, 6.07) is 8.05. The number of ether oxygens (including phenoxy) is 2. The fourth-order valence-corrected chi connectivity index (χ4v) is 7.98. The first-order chi connectivity index (χ1) is 16.3. The van der Waals surface area contributed by atoms with Gasteiger partial charge in [-0.3, -0.25) is 4.79 Å². The van der Waals surface area contributed by atoms with E-state index in [1.165, 1.54) is 0 Å². The molecule has 0 saturated carbocycles. The lowest BCUT2D eigenvalue weighted by Gasteiger charge is -2.57. The third-order valence-electron chi connectivity index (χ3n) is 7.57. The SMILES string of the molecule is CCCCC(C[C@@H]1C(=C(C)COCc2ccc(OC)cc2)C(=O)N1[Si](C)(C)C(C)(C)C)O[SiH](C)C. The Kier molecular flexibility index (Phi) is 10.8. The van der Waals surface area contributed by atoms with Crippen LogP contribution in [0.4, 0.5) is 0 Å². The molecule has 1 aromatic rings. The number of carbonyl (C=O) groups excluding carboxylic acids is 1. The number of hydrogen-bond donors (Lipinski definition) is 0. The highest BCUT2D eigenvalue weighted by molar-refractivity contribution is 6.80. The first-order valence-electron chi connectivity index (χ1n) is 13.2. The van der Waals surface area contributed by atoms with Gasteiger partial charge in [-0.15, -0.1) is 0 Å². The van der Waals surface area contributed by atoms with Crippen molar-refractivity contribution in [3.63, 3.8) is 0 Å². The summed E-state index contributed by atoms with van der Waals surface area (Å²) in [5.41, 5.74) is 3.11. The number of unbranched alkanes of at least 4 members (excludes halogenated alkanes) is 1. The van der Waals surface area contributed by atoms with Crippen LogP contribution in [0.3, 0.4) is 0 Å². The molecule has 5 nitrogen and oxygen atoms in total. The summed E-state index contributed by atoms with van der Waals surface area (Å²) in [7, 11) is -1.52. The van der Waals surface area contributed by atoms with Crippen molar-refractivity contribution < 1.29 is 18.7 Å². The lowest BCUT2D eigenvalue weighted by atomic mass is 9.88. The van der Waals surface area contributed by atoms with Gasteiger partial charge >= 0.3 is 0 Å². The number of amides is 1. The van der Waals surface area contributed by atoms with Crippen LogP contribution in [0.25, 0.3) is 0 Å². The number of carbonyl (C=O) groups is 1. The molecule has 1 saturated heterocycles. The molecule has 2 atom stereocenters. The highest BCUT2D eigenvalue weighted by Crippen LogP contribution is 2.46. The fraction of sp³-hybridized carbons (Fsp3) is 0.679. The van der Waals surface area contributed by atoms with Crippen molar-refractivity contribution in [3.8, 4) is 5.75 Å². The Balaban J connectivity index is 2.24. The number of β-lactam (4-membered cyclic amide) rings is 1. The molecular weight excluding hydrogens is 470 g/mol. The summed E-state index contributed by atoms with van der Waals surface area (Å²) in [6.07, 6.45) is 4.51. The zero-order valence-corrected chi connectivity index (χ0v) is 26.0. The maximum Gasteiger partial charge on any atom is 0.244 e. The quantitative estimate of drug-likeness (QED) is 0.165. The van der Waals surface area contributed by atoms with Crippen molar-refractivity contribution in [2.24, 2.45) is 0 Å². The molecule has 0 aromatic heterocycles. The molecule has 1 amide bonds. The van der Waals surface area contributed by atoms with Crippen LogP contribution >= 0.6 is 0 Å². The van der Waals surface area contributed by atoms with Gasteiger partial charge in [0, 0.05) is 11.7 Å². The number of nitrogens with zero attached hydrogens (tertiary/aromatic N) is 1. The van der Waals surface area contributed by atoms with Crippen molar-refractivity contribution in [3.05, 3.63) is 41.0 Å². The first kappa shape index (κ1) is 29.8. The van der Waals surface area contributed by atoms with Crippen LogP contribution < -0.4 is 4.74 Å². The summed E-state index contributed by atoms with van der Waals surface area (Å²) in [5.74, 6) is 1.05. The van der Waals surface area contributed by atoms with E-state index in [1.54, 1.807) is 7.11 Å². The van der Waals surface area contributed by atoms with Gasteiger partial charge in [-0.2, -0.15) is 0 Å². The highest BCUT2D eigenvalue weighted by Gasteiger charge is 2.55. The van der Waals surface area contributed by atoms with Crippen molar-refractivity contribution in [1.82, 2.24) is 4.57 Å². The molecule has 1 unspecified atom stereocenters. The fourth-order valence-electron chi connectivity index (χ4n) is 4.60. The molecule has 1 fully saturated rings. The molecule has 2 rings (SSSR count). The van der Waals surface area contributed by atoms with E-state index >= 15 is 0 Å². The Morgan fingerprint density at radius 1 is 1.17 bits per heavy atom. The maximum atomic E-state index is 13.6. The van der Waals surface area contributed by atoms with Gasteiger partial charge in [0.2, 0.25) is 5.91 Å². The predicted molar refractivity (Wildman–Crippen MR) is 151 cm³/mol. The molecule has 0 aliphatic carbocycles. The van der Waals surface area contributed by atoms with Crippen LogP contribution in [0.1, 0.15) is 65.9 Å². The van der Waals surface area contributed by atoms with Gasteiger partial charge in [0.15, 0.2) is 17.3 Å². The Hall–Kier alpha value is -1.42. The van der Waals surface area contributed by atoms with E-state index < -0.39 is 17.3 Å². The Labute approximate surface area is 217 Å². The Morgan fingerprint density at radius 2 is 1.80 bits per heavy atom. The molecule has 35 heavy (non-hydrogen) atoms. The van der Waals surface area contributed by atoms with E-state index in [0.717, 1.165) is 48.1 Å². The van der Waals surface area contributed by atoms with Gasteiger partial charge in [0.05, 0.1) is 26.4 Å². The molecule has 0 N–H and O–H groups in total. The van der Waals surface area contributed by atoms with Crippen molar-refractivity contribution >= 4 is 23.2 Å². The molecule has 1 aromatic carbocycles. The summed E-state index contributed by atoms with van der Waals surface area (Å²) >= 11 is 0. The summed E-state index contributed by atoms with van der Waals surface area (Å²) in [5, 5.41) is 0.0950. The molecule has 7 heteroatoms. The van der Waals surface area contributed by atoms with Crippen molar-refractivity contribution in [1.29, 1.82) is 0 Å². The summed E-state index contributed by atoms with van der Waals surface area (Å²) in [6.45, 7) is 21.3. The minimum Gasteiger partial charge on any atom is -0.497 e. The van der Waals surface area contributed by atoms with Gasteiger partial charge in [0.25, 0.3) is 0 Å². The van der Waals surface area contributed by atoms with Gasteiger partial charge in [0.1, 0.15) is 5.75 Å². The molecular formula is C28H49NO4Si2. The minimum atomic E-state index is -2.01. The second-order valence-electron chi connectivity index (χ2n) is 11.7. The molecule has 0 radical (unpaired) electrons. The highest BCUT2D eigenvalue weighted by atomic mass is 28.3. The minimum absolute atomic E-state index is 0.0950. The maximum absolute atomic E-state index is 13.6. The van der Waals surface area contributed by atoms with Crippen LogP contribution in [-0.2, 0) is 20.6 Å². The van der Waals surface area contributed by atoms with Gasteiger partial charge in [-0.25, -0.2) is 0 Å². The second kappa shape index (κ2) is 12.7. The van der Waals surface area contributed by atoms with Crippen LogP contribution in [0, 0.1) is 0 Å². The number of methoxy groups -OCH3 is 1. The van der Waals surface area contributed by atoms with Crippen LogP contribution in [0.5, 0.6) is 5.75 Å². The first-order valence-corrected chi connectivity index (χ1v) is 19.0. The monoisotopic (exact) mass is 519 g/mol. The normalized spacial score (nSPS) is 19.1. The standard InChI is InChI=1S/C28H49NO4Si2/c1-11-12-13-24(33-34(7)8)18-25-26(27(30)29(25)35(9,10)28(3,4)5)21(2)19-32-20-22-14-16-23(31-6)17-15-22/h14-17,24-25,34H,11-13,18-20H2,1-10H3/t24?,25-/m1/s1. The van der Waals surface area contributed by atoms with Crippen LogP contribution in [0.15, 0.2) is 35.4 Å². The Morgan fingerprint density at radius 3 is 2.31 bits per heavy atom. The van der Waals surface area contributed by atoms with E-state index in [0.29, 0.717) is 13.2 Å². The number of hydrogen-bond acceptors (Lipinski definition) is 4. The molecule has 1 heterocycles. The van der Waals surface area contributed by atoms with Crippen LogP contribution in [0.2, 0.25) is 31.2 Å². The summed E-state index contributed by atoms with van der Waals surface area (Å²) in [4.78, 5) is 13.6. The van der Waals surface area contributed by atoms with E-state index in [-0.39, 0.29) is 23.1 Å². The lowest BCUT2D eigenvalue weighted by molar-refractivity contribution is -0.132. The van der Waals surface area contributed by atoms with Crippen molar-refractivity contribution in [2.45, 2.75) is 110 Å².